The minimum atomic E-state index is -0.509. The van der Waals surface area contributed by atoms with Crippen LogP contribution in [0.25, 0.3) is 16.3 Å². The summed E-state index contributed by atoms with van der Waals surface area (Å²) in [6.45, 7) is 4.73. The van der Waals surface area contributed by atoms with E-state index in [1.165, 1.54) is 23.1 Å². The molecule has 5 aromatic carbocycles. The summed E-state index contributed by atoms with van der Waals surface area (Å²) in [6.07, 6.45) is 1.61. The van der Waals surface area contributed by atoms with Crippen molar-refractivity contribution in [3.8, 4) is 11.5 Å². The molecule has 0 saturated carbocycles. The van der Waals surface area contributed by atoms with Crippen LogP contribution in [0.1, 0.15) is 35.3 Å². The second kappa shape index (κ2) is 17.3. The van der Waals surface area contributed by atoms with Crippen LogP contribution in [0.15, 0.2) is 138 Å². The van der Waals surface area contributed by atoms with Gasteiger partial charge in [-0.1, -0.05) is 78.1 Å². The molecule has 1 aromatic heterocycles. The Morgan fingerprint density at radius 2 is 1.54 bits per heavy atom. The largest absolute Gasteiger partial charge is 0.494 e. The molecule has 0 bridgehead atoms. The standard InChI is InChI=1S/C41H36N4O5S2/c1-3-49-33-21-22-35-37(25-33)52-41(44-35)45-38(46)27(2)51-34-16-10-15-31(24-34)42-40(48)36(43-39(47)30-13-8-5-9-14-30)23-28-17-19-32(20-18-28)50-26-29-11-6-4-7-12-29/h4-25,27H,3,26H2,1-2H3,(H,42,48)(H,43,47)(H,44,45,46)/b36-23-. The van der Waals surface area contributed by atoms with Gasteiger partial charge < -0.3 is 25.4 Å². The molecule has 6 rings (SSSR count). The first-order valence-electron chi connectivity index (χ1n) is 16.6. The normalized spacial score (nSPS) is 11.8. The van der Waals surface area contributed by atoms with Gasteiger partial charge in [0.15, 0.2) is 5.13 Å². The highest BCUT2D eigenvalue weighted by Crippen LogP contribution is 2.31. The molecule has 1 atom stereocenters. The van der Waals surface area contributed by atoms with Crippen molar-refractivity contribution in [3.63, 3.8) is 0 Å². The van der Waals surface area contributed by atoms with Crippen LogP contribution in [-0.4, -0.2) is 34.6 Å². The zero-order chi connectivity index (χ0) is 36.3. The molecule has 3 N–H and O–H groups in total. The summed E-state index contributed by atoms with van der Waals surface area (Å²) < 4.78 is 12.4. The third-order valence-electron chi connectivity index (χ3n) is 7.64. The molecule has 1 heterocycles. The first kappa shape index (κ1) is 35.9. The fourth-order valence-corrected chi connectivity index (χ4v) is 6.86. The summed E-state index contributed by atoms with van der Waals surface area (Å²) in [5.74, 6) is 0.303. The Bertz CT molecular complexity index is 2190. The Kier molecular flexibility index (Phi) is 12.0. The summed E-state index contributed by atoms with van der Waals surface area (Å²) in [4.78, 5) is 45.2. The molecule has 0 aliphatic heterocycles. The van der Waals surface area contributed by atoms with Gasteiger partial charge in [0.2, 0.25) is 5.91 Å². The second-order valence-corrected chi connectivity index (χ2v) is 14.0. The summed E-state index contributed by atoms with van der Waals surface area (Å²) >= 11 is 2.73. The van der Waals surface area contributed by atoms with Crippen molar-refractivity contribution in [3.05, 3.63) is 150 Å². The van der Waals surface area contributed by atoms with Crippen molar-refractivity contribution in [1.29, 1.82) is 0 Å². The fourth-order valence-electron chi connectivity index (χ4n) is 5.04. The van der Waals surface area contributed by atoms with E-state index in [-0.39, 0.29) is 11.6 Å². The van der Waals surface area contributed by atoms with E-state index >= 15 is 0 Å². The minimum Gasteiger partial charge on any atom is -0.494 e. The lowest BCUT2D eigenvalue weighted by molar-refractivity contribution is -0.115. The number of nitrogens with zero attached hydrogens (tertiary/aromatic N) is 1. The molecule has 0 saturated heterocycles. The maximum atomic E-state index is 13.7. The van der Waals surface area contributed by atoms with E-state index in [1.807, 2.05) is 98.8 Å². The van der Waals surface area contributed by atoms with Crippen molar-refractivity contribution in [2.24, 2.45) is 0 Å². The van der Waals surface area contributed by atoms with Crippen molar-refractivity contribution < 1.29 is 23.9 Å². The van der Waals surface area contributed by atoms with Gasteiger partial charge in [0.25, 0.3) is 11.8 Å². The predicted octanol–water partition coefficient (Wildman–Crippen LogP) is 8.80. The van der Waals surface area contributed by atoms with Crippen LogP contribution < -0.4 is 25.4 Å². The van der Waals surface area contributed by atoms with E-state index in [0.717, 1.165) is 26.4 Å². The molecular formula is C41H36N4O5S2. The van der Waals surface area contributed by atoms with E-state index in [2.05, 4.69) is 20.9 Å². The number of hydrogen-bond acceptors (Lipinski definition) is 8. The molecule has 262 valence electrons. The Morgan fingerprint density at radius 1 is 0.808 bits per heavy atom. The number of thioether (sulfide) groups is 1. The second-order valence-electron chi connectivity index (χ2n) is 11.5. The number of rotatable bonds is 14. The number of hydrogen-bond donors (Lipinski definition) is 3. The summed E-state index contributed by atoms with van der Waals surface area (Å²) in [5, 5.41) is 8.64. The molecule has 0 spiro atoms. The highest BCUT2D eigenvalue weighted by atomic mass is 32.2. The number of aromatic nitrogens is 1. The Balaban J connectivity index is 1.12. The number of amides is 3. The van der Waals surface area contributed by atoms with Crippen LogP contribution in [0.5, 0.6) is 11.5 Å². The van der Waals surface area contributed by atoms with E-state index in [9.17, 15) is 14.4 Å². The van der Waals surface area contributed by atoms with Gasteiger partial charge in [-0.05, 0) is 91.7 Å². The Morgan fingerprint density at radius 3 is 2.29 bits per heavy atom. The van der Waals surface area contributed by atoms with E-state index < -0.39 is 17.1 Å². The zero-order valence-corrected chi connectivity index (χ0v) is 30.1. The molecule has 0 aliphatic carbocycles. The third-order valence-corrected chi connectivity index (χ3v) is 9.67. The average molecular weight is 729 g/mol. The first-order valence-corrected chi connectivity index (χ1v) is 18.3. The Hall–Kier alpha value is -5.91. The number of benzene rings is 5. The van der Waals surface area contributed by atoms with Crippen LogP contribution in [-0.2, 0) is 16.2 Å². The van der Waals surface area contributed by atoms with Gasteiger partial charge in [-0.2, -0.15) is 0 Å². The smallest absolute Gasteiger partial charge is 0.272 e. The van der Waals surface area contributed by atoms with E-state index in [4.69, 9.17) is 9.47 Å². The number of carbonyl (C=O) groups excluding carboxylic acids is 3. The number of ether oxygens (including phenoxy) is 2. The molecule has 3 amide bonds. The van der Waals surface area contributed by atoms with Crippen LogP contribution in [0.2, 0.25) is 0 Å². The van der Waals surface area contributed by atoms with Crippen molar-refractivity contribution in [2.45, 2.75) is 30.6 Å². The highest BCUT2D eigenvalue weighted by Gasteiger charge is 2.19. The quantitative estimate of drug-likeness (QED) is 0.0758. The average Bonchev–Trinajstić information content (AvgIpc) is 3.56. The lowest BCUT2D eigenvalue weighted by Crippen LogP contribution is -2.30. The summed E-state index contributed by atoms with van der Waals surface area (Å²) in [5.41, 5.74) is 3.50. The van der Waals surface area contributed by atoms with Gasteiger partial charge in [-0.3, -0.25) is 14.4 Å². The van der Waals surface area contributed by atoms with Crippen molar-refractivity contribution in [1.82, 2.24) is 10.3 Å². The number of fused-ring (bicyclic) bond motifs is 1. The number of thiazole rings is 1. The van der Waals surface area contributed by atoms with Gasteiger partial charge in [-0.25, -0.2) is 4.98 Å². The molecule has 1 unspecified atom stereocenters. The molecule has 52 heavy (non-hydrogen) atoms. The van der Waals surface area contributed by atoms with Crippen molar-refractivity contribution >= 4 is 67.9 Å². The van der Waals surface area contributed by atoms with Crippen LogP contribution in [0.3, 0.4) is 0 Å². The minimum absolute atomic E-state index is 0.0572. The van der Waals surface area contributed by atoms with Crippen LogP contribution >= 0.6 is 23.1 Å². The lowest BCUT2D eigenvalue weighted by Gasteiger charge is -2.14. The molecule has 0 radical (unpaired) electrons. The Labute approximate surface area is 310 Å². The molecule has 11 heteroatoms. The number of anilines is 2. The third kappa shape index (κ3) is 9.87. The first-order chi connectivity index (χ1) is 25.3. The fraction of sp³-hybridized carbons (Fsp3) is 0.122. The topological polar surface area (TPSA) is 119 Å². The summed E-state index contributed by atoms with van der Waals surface area (Å²) in [6, 6.07) is 38.7. The van der Waals surface area contributed by atoms with E-state index in [0.29, 0.717) is 40.9 Å². The molecule has 0 aliphatic rings. The highest BCUT2D eigenvalue weighted by molar-refractivity contribution is 8.00. The zero-order valence-electron chi connectivity index (χ0n) is 28.5. The van der Waals surface area contributed by atoms with Gasteiger partial charge in [-0.15, -0.1) is 11.8 Å². The SMILES string of the molecule is CCOc1ccc2nc(NC(=O)C(C)Sc3cccc(NC(=O)/C(=C/c4ccc(OCc5ccccc5)cc4)NC(=O)c4ccccc4)c3)sc2c1. The van der Waals surface area contributed by atoms with Crippen molar-refractivity contribution in [2.75, 3.05) is 17.2 Å². The van der Waals surface area contributed by atoms with Gasteiger partial charge in [0.1, 0.15) is 23.8 Å². The van der Waals surface area contributed by atoms with Gasteiger partial charge in [0, 0.05) is 16.1 Å². The van der Waals surface area contributed by atoms with Crippen LogP contribution in [0, 0.1) is 0 Å². The monoisotopic (exact) mass is 728 g/mol. The van der Waals surface area contributed by atoms with Crippen LogP contribution in [0.4, 0.5) is 10.8 Å². The molecule has 0 fully saturated rings. The predicted molar refractivity (Wildman–Crippen MR) is 209 cm³/mol. The van der Waals surface area contributed by atoms with Gasteiger partial charge in [0.05, 0.1) is 22.1 Å². The maximum Gasteiger partial charge on any atom is 0.272 e. The number of nitrogens with one attached hydrogen (secondary N) is 3. The van der Waals surface area contributed by atoms with Gasteiger partial charge >= 0.3 is 0 Å². The molecular weight excluding hydrogens is 693 g/mol. The van der Waals surface area contributed by atoms with E-state index in [1.54, 1.807) is 48.5 Å². The molecule has 6 aromatic rings. The maximum absolute atomic E-state index is 13.7. The number of carbonyl (C=O) groups is 3. The summed E-state index contributed by atoms with van der Waals surface area (Å²) in [7, 11) is 0. The lowest BCUT2D eigenvalue weighted by atomic mass is 10.1. The molecule has 9 nitrogen and oxygen atoms in total.